The van der Waals surface area contributed by atoms with E-state index in [9.17, 15) is 9.59 Å². The standard InChI is InChI=1S/C10H14O4/c11-9(12)7-4-6-2-1-5(7)3-8(6)10(13)14/h5-8H,1-4H2,(H,11,12)(H,13,14)/t5-,6-,7?,8?/m1/s1. The van der Waals surface area contributed by atoms with Crippen molar-refractivity contribution >= 4 is 11.9 Å². The molecule has 4 atom stereocenters. The Morgan fingerprint density at radius 2 is 1.21 bits per heavy atom. The number of hydrogen-bond donors (Lipinski definition) is 2. The molecule has 14 heavy (non-hydrogen) atoms. The van der Waals surface area contributed by atoms with Crippen molar-refractivity contribution in [3.8, 4) is 0 Å². The molecule has 78 valence electrons. The smallest absolute Gasteiger partial charge is 0.306 e. The summed E-state index contributed by atoms with van der Waals surface area (Å²) in [7, 11) is 0. The third-order valence-corrected chi connectivity index (χ3v) is 3.79. The second-order valence-corrected chi connectivity index (χ2v) is 4.46. The van der Waals surface area contributed by atoms with Crippen LogP contribution in [0.2, 0.25) is 0 Å². The lowest BCUT2D eigenvalue weighted by molar-refractivity contribution is -0.157. The second kappa shape index (κ2) is 3.26. The molecule has 0 saturated heterocycles. The van der Waals surface area contributed by atoms with Gasteiger partial charge in [0.25, 0.3) is 0 Å². The van der Waals surface area contributed by atoms with Crippen LogP contribution in [-0.4, -0.2) is 22.2 Å². The molecule has 0 aromatic heterocycles. The van der Waals surface area contributed by atoms with Crippen molar-refractivity contribution < 1.29 is 19.8 Å². The van der Waals surface area contributed by atoms with Gasteiger partial charge in [-0.2, -0.15) is 0 Å². The highest BCUT2D eigenvalue weighted by atomic mass is 16.4. The fourth-order valence-corrected chi connectivity index (χ4v) is 3.04. The monoisotopic (exact) mass is 198 g/mol. The van der Waals surface area contributed by atoms with Crippen molar-refractivity contribution in [1.29, 1.82) is 0 Å². The summed E-state index contributed by atoms with van der Waals surface area (Å²) in [5.41, 5.74) is 0. The van der Waals surface area contributed by atoms with E-state index in [0.29, 0.717) is 12.8 Å². The molecule has 3 fully saturated rings. The molecule has 0 heterocycles. The van der Waals surface area contributed by atoms with E-state index in [1.165, 1.54) is 0 Å². The Morgan fingerprint density at radius 1 is 0.857 bits per heavy atom. The van der Waals surface area contributed by atoms with Gasteiger partial charge in [0.1, 0.15) is 0 Å². The van der Waals surface area contributed by atoms with Crippen LogP contribution in [-0.2, 0) is 9.59 Å². The summed E-state index contributed by atoms with van der Waals surface area (Å²) in [6.07, 6.45) is 2.92. The van der Waals surface area contributed by atoms with Crippen LogP contribution in [0.25, 0.3) is 0 Å². The van der Waals surface area contributed by atoms with Crippen molar-refractivity contribution in [1.82, 2.24) is 0 Å². The third kappa shape index (κ3) is 1.38. The first kappa shape index (κ1) is 9.49. The molecule has 3 saturated carbocycles. The molecular weight excluding hydrogens is 184 g/mol. The number of carboxylic acids is 2. The molecule has 0 radical (unpaired) electrons. The molecule has 2 N–H and O–H groups in total. The Kier molecular flexibility index (Phi) is 2.21. The minimum absolute atomic E-state index is 0.0959. The largest absolute Gasteiger partial charge is 0.481 e. The maximum atomic E-state index is 10.9. The fraction of sp³-hybridized carbons (Fsp3) is 0.800. The first-order valence-corrected chi connectivity index (χ1v) is 5.05. The average molecular weight is 198 g/mol. The zero-order valence-electron chi connectivity index (χ0n) is 7.85. The Bertz CT molecular complexity index is 245. The first-order valence-electron chi connectivity index (χ1n) is 5.05. The highest BCUT2D eigenvalue weighted by molar-refractivity contribution is 5.74. The highest BCUT2D eigenvalue weighted by Gasteiger charge is 2.47. The molecule has 3 aliphatic carbocycles. The summed E-state index contributed by atoms with van der Waals surface area (Å²) in [5.74, 6) is -1.88. The quantitative estimate of drug-likeness (QED) is 0.699. The second-order valence-electron chi connectivity index (χ2n) is 4.46. The molecule has 2 bridgehead atoms. The van der Waals surface area contributed by atoms with Gasteiger partial charge in [-0.3, -0.25) is 9.59 Å². The third-order valence-electron chi connectivity index (χ3n) is 3.79. The van der Waals surface area contributed by atoms with E-state index in [4.69, 9.17) is 10.2 Å². The van der Waals surface area contributed by atoms with Gasteiger partial charge in [0.05, 0.1) is 11.8 Å². The summed E-state index contributed by atoms with van der Waals surface area (Å²) in [4.78, 5) is 21.7. The number of carbonyl (C=O) groups is 2. The molecule has 0 amide bonds. The van der Waals surface area contributed by atoms with Crippen LogP contribution in [0.3, 0.4) is 0 Å². The van der Waals surface area contributed by atoms with Crippen LogP contribution >= 0.6 is 0 Å². The van der Waals surface area contributed by atoms with Crippen LogP contribution in [0.4, 0.5) is 0 Å². The van der Waals surface area contributed by atoms with E-state index in [1.54, 1.807) is 0 Å². The number of aliphatic carboxylic acids is 2. The van der Waals surface area contributed by atoms with E-state index < -0.39 is 11.9 Å². The molecule has 0 aromatic carbocycles. The predicted molar refractivity (Wildman–Crippen MR) is 47.7 cm³/mol. The molecule has 2 unspecified atom stereocenters. The summed E-state index contributed by atoms with van der Waals surface area (Å²) in [6, 6.07) is 0. The van der Waals surface area contributed by atoms with Crippen LogP contribution < -0.4 is 0 Å². The topological polar surface area (TPSA) is 74.6 Å². The van der Waals surface area contributed by atoms with Gasteiger partial charge < -0.3 is 10.2 Å². The summed E-state index contributed by atoms with van der Waals surface area (Å²) in [5, 5.41) is 17.9. The predicted octanol–water partition coefficient (Wildman–Crippen LogP) is 1.21. The minimum atomic E-state index is -0.747. The normalized spacial score (nSPS) is 40.9. The zero-order chi connectivity index (χ0) is 10.3. The molecular formula is C10H14O4. The van der Waals surface area contributed by atoms with Crippen LogP contribution in [0.1, 0.15) is 25.7 Å². The van der Waals surface area contributed by atoms with Gasteiger partial charge in [-0.1, -0.05) is 0 Å². The Morgan fingerprint density at radius 3 is 1.43 bits per heavy atom. The summed E-state index contributed by atoms with van der Waals surface area (Å²) in [6.45, 7) is 0. The average Bonchev–Trinajstić information content (AvgIpc) is 2.18. The molecule has 0 spiro atoms. The SMILES string of the molecule is O=C(O)C1C[C@H]2CC[C@@H]1CC2C(=O)O. The fourth-order valence-electron chi connectivity index (χ4n) is 3.04. The lowest BCUT2D eigenvalue weighted by atomic mass is 9.60. The van der Waals surface area contributed by atoms with Crippen LogP contribution in [0.15, 0.2) is 0 Å². The van der Waals surface area contributed by atoms with E-state index in [0.717, 1.165) is 12.8 Å². The maximum Gasteiger partial charge on any atom is 0.306 e. The van der Waals surface area contributed by atoms with E-state index in [-0.39, 0.29) is 23.7 Å². The van der Waals surface area contributed by atoms with E-state index >= 15 is 0 Å². The van der Waals surface area contributed by atoms with Gasteiger partial charge >= 0.3 is 11.9 Å². The van der Waals surface area contributed by atoms with Crippen molar-refractivity contribution in [2.75, 3.05) is 0 Å². The Hall–Kier alpha value is -1.06. The Balaban J connectivity index is 2.12. The van der Waals surface area contributed by atoms with Crippen molar-refractivity contribution in [3.63, 3.8) is 0 Å². The van der Waals surface area contributed by atoms with Gasteiger partial charge in [-0.25, -0.2) is 0 Å². The summed E-state index contributed by atoms with van der Waals surface area (Å²) >= 11 is 0. The van der Waals surface area contributed by atoms with Gasteiger partial charge in [-0.15, -0.1) is 0 Å². The van der Waals surface area contributed by atoms with Crippen molar-refractivity contribution in [2.24, 2.45) is 23.7 Å². The van der Waals surface area contributed by atoms with Crippen LogP contribution in [0.5, 0.6) is 0 Å². The van der Waals surface area contributed by atoms with Gasteiger partial charge in [-0.05, 0) is 37.5 Å². The molecule has 3 rings (SSSR count). The molecule has 3 aliphatic rings. The number of carboxylic acid groups (broad SMARTS) is 2. The lowest BCUT2D eigenvalue weighted by Crippen LogP contribution is -2.43. The minimum Gasteiger partial charge on any atom is -0.481 e. The number of hydrogen-bond acceptors (Lipinski definition) is 2. The van der Waals surface area contributed by atoms with Crippen LogP contribution in [0, 0.1) is 23.7 Å². The van der Waals surface area contributed by atoms with E-state index in [2.05, 4.69) is 0 Å². The molecule has 0 aliphatic heterocycles. The van der Waals surface area contributed by atoms with Gasteiger partial charge in [0, 0.05) is 0 Å². The first-order chi connectivity index (χ1) is 6.59. The molecule has 4 heteroatoms. The lowest BCUT2D eigenvalue weighted by Gasteiger charge is -2.43. The Labute approximate surface area is 81.9 Å². The van der Waals surface area contributed by atoms with Gasteiger partial charge in [0.15, 0.2) is 0 Å². The number of fused-ring (bicyclic) bond motifs is 3. The van der Waals surface area contributed by atoms with Crippen molar-refractivity contribution in [3.05, 3.63) is 0 Å². The maximum absolute atomic E-state index is 10.9. The summed E-state index contributed by atoms with van der Waals surface area (Å²) < 4.78 is 0. The van der Waals surface area contributed by atoms with E-state index in [1.807, 2.05) is 0 Å². The highest BCUT2D eigenvalue weighted by Crippen LogP contribution is 2.48. The molecule has 4 nitrogen and oxygen atoms in total. The van der Waals surface area contributed by atoms with Gasteiger partial charge in [0.2, 0.25) is 0 Å². The number of rotatable bonds is 2. The molecule has 0 aromatic rings. The zero-order valence-corrected chi connectivity index (χ0v) is 7.85. The van der Waals surface area contributed by atoms with Crippen molar-refractivity contribution in [2.45, 2.75) is 25.7 Å².